The number of carbonyl (C=O) groups is 2. The van der Waals surface area contributed by atoms with Gasteiger partial charge in [-0.3, -0.25) is 19.7 Å². The molecule has 1 aromatic rings. The Bertz CT molecular complexity index is 705. The van der Waals surface area contributed by atoms with Gasteiger partial charge in [0.2, 0.25) is 11.7 Å². The van der Waals surface area contributed by atoms with Crippen LogP contribution in [0.4, 0.5) is 20.2 Å². The summed E-state index contributed by atoms with van der Waals surface area (Å²) >= 11 is 0. The standard InChI is InChI=1S/C14H14F2N2O5/c1-3-23-14(20)7-4-8-9(5-7)11(16)13(18(21)22)12(10(8)15)17-6(2)19/h7H,3-5H2,1-2H3,(H,17,19). The summed E-state index contributed by atoms with van der Waals surface area (Å²) < 4.78 is 33.8. The molecule has 0 heterocycles. The maximum Gasteiger partial charge on any atom is 0.331 e. The largest absolute Gasteiger partial charge is 0.466 e. The molecule has 1 atom stereocenters. The summed E-state index contributed by atoms with van der Waals surface area (Å²) in [5.74, 6) is -4.52. The Hall–Kier alpha value is -2.58. The monoisotopic (exact) mass is 328 g/mol. The molecule has 0 bridgehead atoms. The van der Waals surface area contributed by atoms with Crippen molar-refractivity contribution in [2.45, 2.75) is 26.7 Å². The van der Waals surface area contributed by atoms with Gasteiger partial charge in [0.1, 0.15) is 0 Å². The SMILES string of the molecule is CCOC(=O)C1Cc2c(F)c(NC(C)=O)c([N+](=O)[O-])c(F)c2C1. The summed E-state index contributed by atoms with van der Waals surface area (Å²) in [7, 11) is 0. The number of amides is 1. The van der Waals surface area contributed by atoms with Crippen LogP contribution in [0, 0.1) is 27.7 Å². The van der Waals surface area contributed by atoms with Gasteiger partial charge in [0, 0.05) is 12.5 Å². The van der Waals surface area contributed by atoms with E-state index in [1.165, 1.54) is 0 Å². The number of nitro benzene ring substituents is 1. The van der Waals surface area contributed by atoms with E-state index >= 15 is 0 Å². The van der Waals surface area contributed by atoms with Crippen LogP contribution in [0.3, 0.4) is 0 Å². The lowest BCUT2D eigenvalue weighted by atomic mass is 10.1. The van der Waals surface area contributed by atoms with Gasteiger partial charge in [-0.2, -0.15) is 4.39 Å². The van der Waals surface area contributed by atoms with Crippen LogP contribution in [0.2, 0.25) is 0 Å². The third-order valence-electron chi connectivity index (χ3n) is 3.56. The third kappa shape index (κ3) is 2.99. The molecule has 1 amide bonds. The number of fused-ring (bicyclic) bond motifs is 1. The van der Waals surface area contributed by atoms with Crippen LogP contribution in [0.5, 0.6) is 0 Å². The molecule has 1 unspecified atom stereocenters. The van der Waals surface area contributed by atoms with E-state index in [0.717, 1.165) is 6.92 Å². The number of esters is 1. The molecule has 23 heavy (non-hydrogen) atoms. The second kappa shape index (κ2) is 6.27. The number of ether oxygens (including phenoxy) is 1. The molecule has 0 aliphatic heterocycles. The molecule has 0 fully saturated rings. The average Bonchev–Trinajstić information content (AvgIpc) is 2.89. The first-order valence-corrected chi connectivity index (χ1v) is 6.89. The molecule has 0 saturated carbocycles. The van der Waals surface area contributed by atoms with Crippen LogP contribution in [0.25, 0.3) is 0 Å². The van der Waals surface area contributed by atoms with E-state index in [1.807, 2.05) is 5.32 Å². The van der Waals surface area contributed by atoms with Crippen molar-refractivity contribution in [3.05, 3.63) is 32.9 Å². The van der Waals surface area contributed by atoms with Crippen molar-refractivity contribution in [3.63, 3.8) is 0 Å². The summed E-state index contributed by atoms with van der Waals surface area (Å²) in [5.41, 5.74) is -2.32. The van der Waals surface area contributed by atoms with Crippen molar-refractivity contribution in [3.8, 4) is 0 Å². The maximum atomic E-state index is 14.5. The first-order valence-electron chi connectivity index (χ1n) is 6.89. The van der Waals surface area contributed by atoms with Crippen molar-refractivity contribution < 1.29 is 28.0 Å². The minimum absolute atomic E-state index is 0.119. The van der Waals surface area contributed by atoms with Crippen LogP contribution in [-0.4, -0.2) is 23.4 Å². The number of nitro groups is 1. The van der Waals surface area contributed by atoms with Crippen molar-refractivity contribution in [2.24, 2.45) is 5.92 Å². The van der Waals surface area contributed by atoms with E-state index in [2.05, 4.69) is 0 Å². The van der Waals surface area contributed by atoms with Gasteiger partial charge < -0.3 is 10.1 Å². The number of halogens is 2. The van der Waals surface area contributed by atoms with E-state index < -0.39 is 45.7 Å². The van der Waals surface area contributed by atoms with E-state index in [9.17, 15) is 28.5 Å². The number of benzene rings is 1. The van der Waals surface area contributed by atoms with Crippen molar-refractivity contribution >= 4 is 23.3 Å². The highest BCUT2D eigenvalue weighted by atomic mass is 19.1. The summed E-state index contributed by atoms with van der Waals surface area (Å²) in [6.45, 7) is 2.74. The Morgan fingerprint density at radius 1 is 1.30 bits per heavy atom. The molecule has 124 valence electrons. The fourth-order valence-corrected chi connectivity index (χ4v) is 2.65. The number of nitrogens with zero attached hydrogens (tertiary/aromatic N) is 1. The van der Waals surface area contributed by atoms with E-state index in [-0.39, 0.29) is 30.6 Å². The molecular formula is C14H14F2N2O5. The smallest absolute Gasteiger partial charge is 0.331 e. The number of rotatable bonds is 4. The van der Waals surface area contributed by atoms with Gasteiger partial charge >= 0.3 is 11.7 Å². The van der Waals surface area contributed by atoms with Gasteiger partial charge in [-0.25, -0.2) is 4.39 Å². The number of carbonyl (C=O) groups excluding carboxylic acids is 2. The van der Waals surface area contributed by atoms with Crippen molar-refractivity contribution in [1.29, 1.82) is 0 Å². The molecule has 0 spiro atoms. The Labute approximate surface area is 129 Å². The molecule has 1 aliphatic carbocycles. The van der Waals surface area contributed by atoms with Crippen LogP contribution in [0.1, 0.15) is 25.0 Å². The number of hydrogen-bond acceptors (Lipinski definition) is 5. The molecule has 2 rings (SSSR count). The summed E-state index contributed by atoms with van der Waals surface area (Å²) in [4.78, 5) is 32.8. The molecule has 0 saturated heterocycles. The van der Waals surface area contributed by atoms with Crippen LogP contribution in [0.15, 0.2) is 0 Å². The van der Waals surface area contributed by atoms with E-state index in [4.69, 9.17) is 4.74 Å². The fraction of sp³-hybridized carbons (Fsp3) is 0.429. The normalized spacial score (nSPS) is 15.9. The zero-order valence-electron chi connectivity index (χ0n) is 12.4. The maximum absolute atomic E-state index is 14.5. The average molecular weight is 328 g/mol. The number of nitrogens with one attached hydrogen (secondary N) is 1. The van der Waals surface area contributed by atoms with Gasteiger partial charge in [-0.05, 0) is 25.3 Å². The Morgan fingerprint density at radius 2 is 1.87 bits per heavy atom. The van der Waals surface area contributed by atoms with Crippen LogP contribution >= 0.6 is 0 Å². The molecule has 0 aromatic heterocycles. The zero-order chi connectivity index (χ0) is 17.3. The Balaban J connectivity index is 2.55. The summed E-state index contributed by atoms with van der Waals surface area (Å²) in [6.07, 6.45) is -0.320. The predicted octanol–water partition coefficient (Wildman–Crippen LogP) is 2.11. The highest BCUT2D eigenvalue weighted by molar-refractivity contribution is 5.92. The van der Waals surface area contributed by atoms with Gasteiger partial charge in [-0.15, -0.1) is 0 Å². The number of hydrogen-bond donors (Lipinski definition) is 1. The molecule has 1 aliphatic rings. The minimum atomic E-state index is -1.23. The molecule has 0 radical (unpaired) electrons. The van der Waals surface area contributed by atoms with Crippen LogP contribution < -0.4 is 5.32 Å². The van der Waals surface area contributed by atoms with Gasteiger partial charge in [0.25, 0.3) is 0 Å². The van der Waals surface area contributed by atoms with Gasteiger partial charge in [0.15, 0.2) is 11.5 Å². The summed E-state index contributed by atoms with van der Waals surface area (Å²) in [6, 6.07) is 0. The lowest BCUT2D eigenvalue weighted by molar-refractivity contribution is -0.386. The Kier molecular flexibility index (Phi) is 4.57. The topological polar surface area (TPSA) is 98.5 Å². The molecule has 1 N–H and O–H groups in total. The van der Waals surface area contributed by atoms with Crippen molar-refractivity contribution in [1.82, 2.24) is 0 Å². The number of anilines is 1. The first-order chi connectivity index (χ1) is 10.8. The lowest BCUT2D eigenvalue weighted by Crippen LogP contribution is -2.18. The second-order valence-electron chi connectivity index (χ2n) is 5.10. The van der Waals surface area contributed by atoms with Crippen molar-refractivity contribution in [2.75, 3.05) is 11.9 Å². The van der Waals surface area contributed by atoms with Gasteiger partial charge in [0.05, 0.1) is 17.4 Å². The summed E-state index contributed by atoms with van der Waals surface area (Å²) in [5, 5.41) is 13.0. The minimum Gasteiger partial charge on any atom is -0.466 e. The quantitative estimate of drug-likeness (QED) is 0.518. The first kappa shape index (κ1) is 16.8. The third-order valence-corrected chi connectivity index (χ3v) is 3.56. The Morgan fingerprint density at radius 3 is 2.35 bits per heavy atom. The molecular weight excluding hydrogens is 314 g/mol. The highest BCUT2D eigenvalue weighted by Gasteiger charge is 2.39. The van der Waals surface area contributed by atoms with E-state index in [1.54, 1.807) is 6.92 Å². The zero-order valence-corrected chi connectivity index (χ0v) is 12.4. The van der Waals surface area contributed by atoms with Gasteiger partial charge in [-0.1, -0.05) is 0 Å². The predicted molar refractivity (Wildman–Crippen MR) is 74.8 cm³/mol. The molecule has 9 heteroatoms. The lowest BCUT2D eigenvalue weighted by Gasteiger charge is -2.10. The highest BCUT2D eigenvalue weighted by Crippen LogP contribution is 2.41. The second-order valence-corrected chi connectivity index (χ2v) is 5.10. The van der Waals surface area contributed by atoms with E-state index in [0.29, 0.717) is 0 Å². The molecule has 1 aromatic carbocycles. The van der Waals surface area contributed by atoms with Crippen LogP contribution in [-0.2, 0) is 27.2 Å². The fourth-order valence-electron chi connectivity index (χ4n) is 2.65. The molecule has 7 nitrogen and oxygen atoms in total.